The Hall–Kier alpha value is -1.86. The smallest absolute Gasteiger partial charge is 0.251 e. The number of thiophene rings is 1. The maximum absolute atomic E-state index is 12.0. The predicted molar refractivity (Wildman–Crippen MR) is 108 cm³/mol. The van der Waals surface area contributed by atoms with Crippen LogP contribution in [0.2, 0.25) is 0 Å². The summed E-state index contributed by atoms with van der Waals surface area (Å²) in [6, 6.07) is 11.6. The van der Waals surface area contributed by atoms with Crippen molar-refractivity contribution in [3.8, 4) is 0 Å². The second-order valence-corrected chi connectivity index (χ2v) is 7.77. The van der Waals surface area contributed by atoms with E-state index in [2.05, 4.69) is 55.9 Å². The molecule has 1 aromatic heterocycles. The first kappa shape index (κ1) is 19.5. The van der Waals surface area contributed by atoms with E-state index in [1.807, 2.05) is 12.1 Å². The summed E-state index contributed by atoms with van der Waals surface area (Å²) in [7, 11) is 1.75. The second-order valence-electron chi connectivity index (χ2n) is 5.48. The average molecular weight is 423 g/mol. The first-order valence-electron chi connectivity index (χ1n) is 8.12. The lowest BCUT2D eigenvalue weighted by Gasteiger charge is -2.11. The third-order valence-corrected chi connectivity index (χ3v) is 5.02. The van der Waals surface area contributed by atoms with Gasteiger partial charge in [-0.3, -0.25) is 9.79 Å². The van der Waals surface area contributed by atoms with E-state index in [0.717, 1.165) is 29.9 Å². The van der Waals surface area contributed by atoms with Crippen LogP contribution in [0.1, 0.15) is 26.5 Å². The van der Waals surface area contributed by atoms with Crippen LogP contribution in [-0.4, -0.2) is 32.0 Å². The van der Waals surface area contributed by atoms with E-state index in [4.69, 9.17) is 0 Å². The zero-order valence-corrected chi connectivity index (χ0v) is 16.8. The number of aryl methyl sites for hydroxylation is 1. The number of halogens is 1. The van der Waals surface area contributed by atoms with Gasteiger partial charge in [0.25, 0.3) is 5.91 Å². The molecule has 5 nitrogen and oxygen atoms in total. The van der Waals surface area contributed by atoms with E-state index in [-0.39, 0.29) is 5.91 Å². The lowest BCUT2D eigenvalue weighted by atomic mass is 10.2. The van der Waals surface area contributed by atoms with E-state index in [0.29, 0.717) is 12.1 Å². The molecule has 2 aromatic rings. The Bertz CT molecular complexity index is 712. The molecular weight excluding hydrogens is 400 g/mol. The maximum atomic E-state index is 12.0. The van der Waals surface area contributed by atoms with Crippen molar-refractivity contribution in [3.05, 3.63) is 56.2 Å². The van der Waals surface area contributed by atoms with E-state index in [1.165, 1.54) is 9.75 Å². The minimum atomic E-state index is -0.0527. The molecule has 0 spiro atoms. The van der Waals surface area contributed by atoms with Crippen LogP contribution in [-0.2, 0) is 6.54 Å². The molecule has 0 atom stereocenters. The van der Waals surface area contributed by atoms with Crippen LogP contribution < -0.4 is 16.0 Å². The summed E-state index contributed by atoms with van der Waals surface area (Å²) >= 11 is 5.14. The average Bonchev–Trinajstić information content (AvgIpc) is 3.03. The largest absolute Gasteiger partial charge is 0.356 e. The fraction of sp³-hybridized carbons (Fsp3) is 0.333. The van der Waals surface area contributed by atoms with Crippen LogP contribution in [0.3, 0.4) is 0 Å². The van der Waals surface area contributed by atoms with Gasteiger partial charge in [-0.15, -0.1) is 11.3 Å². The van der Waals surface area contributed by atoms with Gasteiger partial charge in [-0.1, -0.05) is 15.9 Å². The Kier molecular flexibility index (Phi) is 7.94. The van der Waals surface area contributed by atoms with Crippen molar-refractivity contribution in [1.29, 1.82) is 0 Å². The Balaban J connectivity index is 1.62. The molecule has 0 saturated heterocycles. The van der Waals surface area contributed by atoms with E-state index in [9.17, 15) is 4.79 Å². The highest BCUT2D eigenvalue weighted by Gasteiger charge is 2.04. The summed E-state index contributed by atoms with van der Waals surface area (Å²) in [5.74, 6) is 0.716. The monoisotopic (exact) mass is 422 g/mol. The second kappa shape index (κ2) is 10.2. The highest BCUT2D eigenvalue weighted by Crippen LogP contribution is 2.14. The number of guanidine groups is 1. The van der Waals surface area contributed by atoms with Gasteiger partial charge < -0.3 is 16.0 Å². The van der Waals surface area contributed by atoms with Crippen LogP contribution in [0.15, 0.2) is 45.9 Å². The van der Waals surface area contributed by atoms with Gasteiger partial charge in [-0.25, -0.2) is 0 Å². The maximum Gasteiger partial charge on any atom is 0.251 e. The lowest BCUT2D eigenvalue weighted by Crippen LogP contribution is -2.38. The van der Waals surface area contributed by atoms with Crippen LogP contribution in [0.4, 0.5) is 0 Å². The number of amides is 1. The molecule has 134 valence electrons. The lowest BCUT2D eigenvalue weighted by molar-refractivity contribution is 0.0953. The van der Waals surface area contributed by atoms with Crippen molar-refractivity contribution in [2.75, 3.05) is 20.1 Å². The fourth-order valence-corrected chi connectivity index (χ4v) is 3.27. The Morgan fingerprint density at radius 1 is 1.08 bits per heavy atom. The summed E-state index contributed by atoms with van der Waals surface area (Å²) in [5.41, 5.74) is 0.667. The minimum absolute atomic E-state index is 0.0527. The molecule has 7 heteroatoms. The molecule has 0 fully saturated rings. The van der Waals surface area contributed by atoms with Crippen molar-refractivity contribution in [1.82, 2.24) is 16.0 Å². The Labute approximate surface area is 161 Å². The molecule has 0 bridgehead atoms. The number of benzene rings is 1. The zero-order chi connectivity index (χ0) is 18.1. The number of hydrogen-bond acceptors (Lipinski definition) is 3. The van der Waals surface area contributed by atoms with Crippen LogP contribution in [0.5, 0.6) is 0 Å². The molecule has 0 unspecified atom stereocenters. The van der Waals surface area contributed by atoms with Crippen molar-refractivity contribution >= 4 is 39.1 Å². The molecule has 0 aliphatic carbocycles. The third kappa shape index (κ3) is 6.88. The zero-order valence-electron chi connectivity index (χ0n) is 14.4. The first-order valence-corrected chi connectivity index (χ1v) is 9.73. The minimum Gasteiger partial charge on any atom is -0.356 e. The van der Waals surface area contributed by atoms with Crippen LogP contribution in [0, 0.1) is 6.92 Å². The molecular formula is C18H23BrN4OS. The molecule has 2 rings (SSSR count). The summed E-state index contributed by atoms with van der Waals surface area (Å²) in [5, 5.41) is 9.46. The van der Waals surface area contributed by atoms with Crippen LogP contribution in [0.25, 0.3) is 0 Å². The van der Waals surface area contributed by atoms with Gasteiger partial charge >= 0.3 is 0 Å². The van der Waals surface area contributed by atoms with Crippen molar-refractivity contribution < 1.29 is 4.79 Å². The number of rotatable bonds is 7. The quantitative estimate of drug-likeness (QED) is 0.364. The van der Waals surface area contributed by atoms with Crippen molar-refractivity contribution in [3.63, 3.8) is 0 Å². The molecule has 0 radical (unpaired) electrons. The molecule has 1 amide bonds. The van der Waals surface area contributed by atoms with Gasteiger partial charge in [0.15, 0.2) is 5.96 Å². The standard InChI is InChI=1S/C18H23BrN4OS/c1-13-4-9-16(25-13)12-23-18(20-2)22-11-3-10-21-17(24)14-5-7-15(19)8-6-14/h4-9H,3,10-12H2,1-2H3,(H,21,24)(H2,20,22,23). The fourth-order valence-electron chi connectivity index (χ4n) is 2.17. The first-order chi connectivity index (χ1) is 12.1. The Morgan fingerprint density at radius 3 is 2.44 bits per heavy atom. The van der Waals surface area contributed by atoms with Crippen molar-refractivity contribution in [2.45, 2.75) is 19.9 Å². The highest BCUT2D eigenvalue weighted by atomic mass is 79.9. The topological polar surface area (TPSA) is 65.5 Å². The number of carbonyl (C=O) groups is 1. The molecule has 25 heavy (non-hydrogen) atoms. The number of aliphatic imine (C=N–C) groups is 1. The van der Waals surface area contributed by atoms with Gasteiger partial charge in [0.1, 0.15) is 0 Å². The summed E-state index contributed by atoms with van der Waals surface area (Å²) in [4.78, 5) is 18.8. The van der Waals surface area contributed by atoms with E-state index >= 15 is 0 Å². The highest BCUT2D eigenvalue weighted by molar-refractivity contribution is 9.10. The molecule has 1 aromatic carbocycles. The van der Waals surface area contributed by atoms with Gasteiger partial charge in [0.05, 0.1) is 6.54 Å². The molecule has 0 aliphatic rings. The van der Waals surface area contributed by atoms with Crippen molar-refractivity contribution in [2.24, 2.45) is 4.99 Å². The molecule has 3 N–H and O–H groups in total. The van der Waals surface area contributed by atoms with Crippen LogP contribution >= 0.6 is 27.3 Å². The molecule has 0 aliphatic heterocycles. The van der Waals surface area contributed by atoms with Gasteiger partial charge in [-0.05, 0) is 49.7 Å². The summed E-state index contributed by atoms with van der Waals surface area (Å²) < 4.78 is 0.963. The van der Waals surface area contributed by atoms with E-state index < -0.39 is 0 Å². The van der Waals surface area contributed by atoms with Gasteiger partial charge in [0, 0.05) is 39.9 Å². The number of nitrogens with zero attached hydrogens (tertiary/aromatic N) is 1. The summed E-state index contributed by atoms with van der Waals surface area (Å²) in [6.45, 7) is 4.22. The SMILES string of the molecule is CN=C(NCCCNC(=O)c1ccc(Br)cc1)NCc1ccc(C)s1. The number of hydrogen-bond donors (Lipinski definition) is 3. The summed E-state index contributed by atoms with van der Waals surface area (Å²) in [6.07, 6.45) is 0.821. The normalized spacial score (nSPS) is 11.2. The van der Waals surface area contributed by atoms with Gasteiger partial charge in [-0.2, -0.15) is 0 Å². The number of carbonyl (C=O) groups excluding carboxylic acids is 1. The van der Waals surface area contributed by atoms with Gasteiger partial charge in [0.2, 0.25) is 0 Å². The molecule has 0 saturated carbocycles. The predicted octanol–water partition coefficient (Wildman–Crippen LogP) is 3.30. The molecule has 1 heterocycles. The Morgan fingerprint density at radius 2 is 1.80 bits per heavy atom. The number of nitrogens with one attached hydrogen (secondary N) is 3. The third-order valence-electron chi connectivity index (χ3n) is 3.49. The van der Waals surface area contributed by atoms with E-state index in [1.54, 1.807) is 30.5 Å².